The third-order valence-electron chi connectivity index (χ3n) is 2.62. The third-order valence-corrected chi connectivity index (χ3v) is 3.56. The quantitative estimate of drug-likeness (QED) is 0.730. The van der Waals surface area contributed by atoms with Gasteiger partial charge in [0.15, 0.2) is 0 Å². The maximum Gasteiger partial charge on any atom is 0.235 e. The van der Waals surface area contributed by atoms with Gasteiger partial charge in [0.2, 0.25) is 5.82 Å². The Bertz CT molecular complexity index is 723. The van der Waals surface area contributed by atoms with Crippen LogP contribution in [0.5, 0.6) is 0 Å². The number of benzene rings is 1. The van der Waals surface area contributed by atoms with E-state index in [2.05, 4.69) is 15.2 Å². The van der Waals surface area contributed by atoms with E-state index in [0.29, 0.717) is 12.4 Å². The van der Waals surface area contributed by atoms with Crippen molar-refractivity contribution in [1.82, 2.24) is 19.7 Å². The Morgan fingerprint density at radius 3 is 2.89 bits per heavy atom. The summed E-state index contributed by atoms with van der Waals surface area (Å²) >= 11 is 1.59. The van der Waals surface area contributed by atoms with E-state index in [1.165, 1.54) is 0 Å². The van der Waals surface area contributed by atoms with Crippen LogP contribution in [0.15, 0.2) is 42.0 Å². The van der Waals surface area contributed by atoms with Gasteiger partial charge in [-0.25, -0.2) is 4.98 Å². The van der Waals surface area contributed by atoms with Crippen molar-refractivity contribution in [2.75, 3.05) is 0 Å². The van der Waals surface area contributed by atoms with Gasteiger partial charge in [-0.2, -0.15) is 5.26 Å². The zero-order chi connectivity index (χ0) is 13.1. The Labute approximate surface area is 113 Å². The monoisotopic (exact) mass is 267 g/mol. The molecule has 0 spiro atoms. The first kappa shape index (κ1) is 11.6. The molecule has 1 aromatic carbocycles. The Morgan fingerprint density at radius 2 is 2.11 bits per heavy atom. The topological polar surface area (TPSA) is 67.4 Å². The van der Waals surface area contributed by atoms with Crippen molar-refractivity contribution in [2.24, 2.45) is 0 Å². The maximum atomic E-state index is 8.88. The summed E-state index contributed by atoms with van der Waals surface area (Å²) in [7, 11) is 0. The molecule has 0 atom stereocenters. The molecule has 0 aliphatic heterocycles. The molecule has 0 amide bonds. The lowest BCUT2D eigenvalue weighted by Gasteiger charge is -1.98. The summed E-state index contributed by atoms with van der Waals surface area (Å²) in [5, 5.41) is 19.3. The fourth-order valence-corrected chi connectivity index (χ4v) is 2.54. The SMILES string of the molecule is N#Cc1nncn1Cc1csc(-c2ccccc2)n1. The normalized spacial score (nSPS) is 10.3. The van der Waals surface area contributed by atoms with Crippen LogP contribution < -0.4 is 0 Å². The molecule has 5 nitrogen and oxygen atoms in total. The summed E-state index contributed by atoms with van der Waals surface area (Å²) in [5.41, 5.74) is 2.00. The second kappa shape index (κ2) is 5.00. The van der Waals surface area contributed by atoms with Crippen LogP contribution in [0.1, 0.15) is 11.5 Å². The van der Waals surface area contributed by atoms with Crippen LogP contribution in [0.3, 0.4) is 0 Å². The molecule has 0 saturated heterocycles. The number of hydrogen-bond donors (Lipinski definition) is 0. The van der Waals surface area contributed by atoms with E-state index in [1.807, 2.05) is 41.8 Å². The van der Waals surface area contributed by atoms with Crippen LogP contribution in [0.25, 0.3) is 10.6 Å². The van der Waals surface area contributed by atoms with Gasteiger partial charge in [-0.15, -0.1) is 21.5 Å². The number of thiazole rings is 1. The van der Waals surface area contributed by atoms with Crippen molar-refractivity contribution < 1.29 is 0 Å². The van der Waals surface area contributed by atoms with Crippen LogP contribution >= 0.6 is 11.3 Å². The van der Waals surface area contributed by atoms with Crippen LogP contribution in [0.2, 0.25) is 0 Å². The molecule has 0 fully saturated rings. The highest BCUT2D eigenvalue weighted by Gasteiger charge is 2.07. The van der Waals surface area contributed by atoms with Crippen LogP contribution in [0.4, 0.5) is 0 Å². The fraction of sp³-hybridized carbons (Fsp3) is 0.0769. The van der Waals surface area contributed by atoms with Gasteiger partial charge in [0.25, 0.3) is 0 Å². The van der Waals surface area contributed by atoms with Gasteiger partial charge in [-0.05, 0) is 0 Å². The van der Waals surface area contributed by atoms with Gasteiger partial charge in [-0.3, -0.25) is 4.57 Å². The summed E-state index contributed by atoms with van der Waals surface area (Å²) < 4.78 is 1.68. The van der Waals surface area contributed by atoms with Crippen LogP contribution in [-0.2, 0) is 6.54 Å². The molecule has 0 N–H and O–H groups in total. The molecule has 6 heteroatoms. The van der Waals surface area contributed by atoms with Gasteiger partial charge in [0.05, 0.1) is 12.2 Å². The smallest absolute Gasteiger partial charge is 0.235 e. The van der Waals surface area contributed by atoms with E-state index in [0.717, 1.165) is 16.3 Å². The van der Waals surface area contributed by atoms with Crippen molar-refractivity contribution in [3.05, 3.63) is 53.6 Å². The molecular formula is C13H9N5S. The molecule has 2 aromatic heterocycles. The van der Waals surface area contributed by atoms with Gasteiger partial charge < -0.3 is 0 Å². The molecule has 3 rings (SSSR count). The summed E-state index contributed by atoms with van der Waals surface area (Å²) in [5.74, 6) is 0.300. The highest BCUT2D eigenvalue weighted by molar-refractivity contribution is 7.13. The van der Waals surface area contributed by atoms with Crippen molar-refractivity contribution >= 4 is 11.3 Å². The van der Waals surface area contributed by atoms with Crippen molar-refractivity contribution in [2.45, 2.75) is 6.54 Å². The van der Waals surface area contributed by atoms with Gasteiger partial charge in [0, 0.05) is 10.9 Å². The second-order valence-electron chi connectivity index (χ2n) is 3.90. The summed E-state index contributed by atoms with van der Waals surface area (Å²) in [6.45, 7) is 0.513. The largest absolute Gasteiger partial charge is 0.299 e. The highest BCUT2D eigenvalue weighted by Crippen LogP contribution is 2.23. The van der Waals surface area contributed by atoms with E-state index >= 15 is 0 Å². The molecule has 0 aliphatic carbocycles. The van der Waals surface area contributed by atoms with Crippen molar-refractivity contribution in [1.29, 1.82) is 5.26 Å². The van der Waals surface area contributed by atoms with Crippen molar-refractivity contribution in [3.63, 3.8) is 0 Å². The molecule has 2 heterocycles. The molecule has 19 heavy (non-hydrogen) atoms. The third kappa shape index (κ3) is 2.37. The van der Waals surface area contributed by atoms with Gasteiger partial charge >= 0.3 is 0 Å². The molecule has 0 bridgehead atoms. The standard InChI is InChI=1S/C13H9N5S/c14-6-12-17-15-9-18(12)7-11-8-19-13(16-11)10-4-2-1-3-5-10/h1-5,8-9H,7H2. The summed E-state index contributed by atoms with van der Waals surface area (Å²) in [6.07, 6.45) is 1.54. The molecule has 92 valence electrons. The highest BCUT2D eigenvalue weighted by atomic mass is 32.1. The molecule has 0 aliphatic rings. The Kier molecular flexibility index (Phi) is 3.04. The predicted molar refractivity (Wildman–Crippen MR) is 71.4 cm³/mol. The first-order valence-electron chi connectivity index (χ1n) is 5.64. The molecule has 0 unspecified atom stereocenters. The average molecular weight is 267 g/mol. The molecule has 0 radical (unpaired) electrons. The van der Waals surface area contributed by atoms with Crippen LogP contribution in [-0.4, -0.2) is 19.7 Å². The first-order valence-corrected chi connectivity index (χ1v) is 6.52. The van der Waals surface area contributed by atoms with Crippen LogP contribution in [0, 0.1) is 11.3 Å². The first-order chi connectivity index (χ1) is 9.36. The number of nitriles is 1. The minimum atomic E-state index is 0.300. The zero-order valence-corrected chi connectivity index (χ0v) is 10.7. The number of rotatable bonds is 3. The lowest BCUT2D eigenvalue weighted by Crippen LogP contribution is -2.01. The molecule has 0 saturated carbocycles. The zero-order valence-electron chi connectivity index (χ0n) is 9.89. The van der Waals surface area contributed by atoms with E-state index in [4.69, 9.17) is 5.26 Å². The number of hydrogen-bond acceptors (Lipinski definition) is 5. The van der Waals surface area contributed by atoms with E-state index in [9.17, 15) is 0 Å². The van der Waals surface area contributed by atoms with E-state index < -0.39 is 0 Å². The number of aromatic nitrogens is 4. The Balaban J connectivity index is 1.85. The predicted octanol–water partition coefficient (Wildman–Crippen LogP) is 2.32. The summed E-state index contributed by atoms with van der Waals surface area (Å²) in [6, 6.07) is 12.0. The number of nitrogens with zero attached hydrogens (tertiary/aromatic N) is 5. The second-order valence-corrected chi connectivity index (χ2v) is 4.76. The molecule has 3 aromatic rings. The Morgan fingerprint density at radius 1 is 1.26 bits per heavy atom. The van der Waals surface area contributed by atoms with Crippen molar-refractivity contribution in [3.8, 4) is 16.6 Å². The lowest BCUT2D eigenvalue weighted by atomic mass is 10.2. The summed E-state index contributed by atoms with van der Waals surface area (Å²) in [4.78, 5) is 4.56. The fourth-order valence-electron chi connectivity index (χ4n) is 1.72. The minimum absolute atomic E-state index is 0.300. The minimum Gasteiger partial charge on any atom is -0.299 e. The van der Waals surface area contributed by atoms with Gasteiger partial charge in [0.1, 0.15) is 17.4 Å². The van der Waals surface area contributed by atoms with Gasteiger partial charge in [-0.1, -0.05) is 30.3 Å². The molecular weight excluding hydrogens is 258 g/mol. The lowest BCUT2D eigenvalue weighted by molar-refractivity contribution is 0.764. The average Bonchev–Trinajstić information content (AvgIpc) is 3.09. The Hall–Kier alpha value is -2.52. The maximum absolute atomic E-state index is 8.88. The van der Waals surface area contributed by atoms with E-state index in [1.54, 1.807) is 22.2 Å². The van der Waals surface area contributed by atoms with E-state index in [-0.39, 0.29) is 0 Å².